The minimum atomic E-state index is 0.325. The van der Waals surface area contributed by atoms with Gasteiger partial charge in [-0.05, 0) is 59.6 Å². The zero-order valence-corrected chi connectivity index (χ0v) is 14.6. The average molecular weight is 375 g/mol. The van der Waals surface area contributed by atoms with Gasteiger partial charge in [-0.15, -0.1) is 11.3 Å². The van der Waals surface area contributed by atoms with Gasteiger partial charge in [0.2, 0.25) is 0 Å². The van der Waals surface area contributed by atoms with Gasteiger partial charge in [0, 0.05) is 15.4 Å². The largest absolute Gasteiger partial charge is 0.497 e. The van der Waals surface area contributed by atoms with Gasteiger partial charge in [0.25, 0.3) is 0 Å². The second kappa shape index (κ2) is 7.46. The van der Waals surface area contributed by atoms with Crippen LogP contribution in [0.3, 0.4) is 0 Å². The van der Waals surface area contributed by atoms with E-state index in [1.807, 2.05) is 19.2 Å². The third-order valence-corrected chi connectivity index (χ3v) is 5.83. The topological polar surface area (TPSA) is 21.3 Å². The summed E-state index contributed by atoms with van der Waals surface area (Å²) in [6.07, 6.45) is 2.05. The molecule has 0 aliphatic heterocycles. The summed E-state index contributed by atoms with van der Waals surface area (Å²) < 4.78 is 6.96. The van der Waals surface area contributed by atoms with Crippen LogP contribution >= 0.6 is 38.9 Å². The molecule has 0 aliphatic carbocycles. The van der Waals surface area contributed by atoms with Crippen molar-refractivity contribution >= 4 is 38.9 Å². The van der Waals surface area contributed by atoms with Gasteiger partial charge >= 0.3 is 0 Å². The summed E-state index contributed by atoms with van der Waals surface area (Å²) in [4.78, 5) is 1.26. The Morgan fingerprint density at radius 1 is 1.35 bits per heavy atom. The quantitative estimate of drug-likeness (QED) is 0.762. The second-order valence-corrected chi connectivity index (χ2v) is 7.04. The normalized spacial score (nSPS) is 12.4. The summed E-state index contributed by atoms with van der Waals surface area (Å²) in [6.45, 7) is 0. The van der Waals surface area contributed by atoms with Crippen LogP contribution in [0.2, 0.25) is 4.34 Å². The molecule has 0 bridgehead atoms. The standard InChI is InChI=1S/C15H17BrClNOS/c1-18-13(14-9-12(16)15(17)20-14)8-5-10-3-6-11(19-2)7-4-10/h3-4,6-7,9,13,18H,5,8H2,1-2H3. The van der Waals surface area contributed by atoms with Gasteiger partial charge in [0.1, 0.15) is 10.1 Å². The molecule has 1 N–H and O–H groups in total. The third-order valence-electron chi connectivity index (χ3n) is 3.24. The van der Waals surface area contributed by atoms with Crippen molar-refractivity contribution in [2.45, 2.75) is 18.9 Å². The third kappa shape index (κ3) is 3.98. The Morgan fingerprint density at radius 2 is 2.05 bits per heavy atom. The lowest BCUT2D eigenvalue weighted by atomic mass is 10.0. The van der Waals surface area contributed by atoms with Crippen LogP contribution in [-0.2, 0) is 6.42 Å². The molecular weight excluding hydrogens is 358 g/mol. The van der Waals surface area contributed by atoms with Crippen molar-refractivity contribution in [2.75, 3.05) is 14.2 Å². The van der Waals surface area contributed by atoms with Gasteiger partial charge in [-0.2, -0.15) is 0 Å². The van der Waals surface area contributed by atoms with Gasteiger partial charge in [-0.3, -0.25) is 0 Å². The first-order valence-corrected chi connectivity index (χ1v) is 8.37. The van der Waals surface area contributed by atoms with Gasteiger partial charge < -0.3 is 10.1 Å². The van der Waals surface area contributed by atoms with E-state index in [1.165, 1.54) is 10.4 Å². The molecule has 2 rings (SSSR count). The number of hydrogen-bond acceptors (Lipinski definition) is 3. The fraction of sp³-hybridized carbons (Fsp3) is 0.333. The van der Waals surface area contributed by atoms with Crippen molar-refractivity contribution < 1.29 is 4.74 Å². The van der Waals surface area contributed by atoms with Crippen molar-refractivity contribution in [2.24, 2.45) is 0 Å². The number of ether oxygens (including phenoxy) is 1. The molecule has 0 saturated heterocycles. The monoisotopic (exact) mass is 373 g/mol. The fourth-order valence-corrected chi connectivity index (χ4v) is 3.95. The van der Waals surface area contributed by atoms with Gasteiger partial charge in [0.05, 0.1) is 7.11 Å². The highest BCUT2D eigenvalue weighted by molar-refractivity contribution is 9.10. The zero-order chi connectivity index (χ0) is 14.5. The minimum absolute atomic E-state index is 0.325. The number of halogens is 2. The van der Waals surface area contributed by atoms with Crippen LogP contribution in [0.25, 0.3) is 0 Å². The lowest BCUT2D eigenvalue weighted by molar-refractivity contribution is 0.414. The first-order chi connectivity index (χ1) is 9.63. The van der Waals surface area contributed by atoms with Gasteiger partial charge in [-0.25, -0.2) is 0 Å². The van der Waals surface area contributed by atoms with E-state index in [0.717, 1.165) is 27.4 Å². The van der Waals surface area contributed by atoms with E-state index in [1.54, 1.807) is 18.4 Å². The fourth-order valence-electron chi connectivity index (χ4n) is 2.07. The smallest absolute Gasteiger partial charge is 0.118 e. The molecule has 0 aliphatic rings. The maximum absolute atomic E-state index is 6.11. The Hall–Kier alpha value is -0.550. The van der Waals surface area contributed by atoms with E-state index < -0.39 is 0 Å². The predicted octanol–water partition coefficient (Wildman–Crippen LogP) is 5.07. The maximum atomic E-state index is 6.11. The number of thiophene rings is 1. The summed E-state index contributed by atoms with van der Waals surface area (Å²) in [7, 11) is 3.67. The highest BCUT2D eigenvalue weighted by Crippen LogP contribution is 2.36. The number of nitrogens with one attached hydrogen (secondary N) is 1. The van der Waals surface area contributed by atoms with Crippen LogP contribution in [0.5, 0.6) is 5.75 Å². The molecule has 0 amide bonds. The Labute approximate surface area is 137 Å². The molecule has 0 saturated carbocycles. The molecule has 1 heterocycles. The van der Waals surface area contributed by atoms with Crippen LogP contribution in [0, 0.1) is 0 Å². The Kier molecular flexibility index (Phi) is 5.90. The van der Waals surface area contributed by atoms with E-state index in [4.69, 9.17) is 16.3 Å². The first-order valence-electron chi connectivity index (χ1n) is 6.39. The van der Waals surface area contributed by atoms with E-state index in [9.17, 15) is 0 Å². The van der Waals surface area contributed by atoms with Crippen LogP contribution in [0.4, 0.5) is 0 Å². The lowest BCUT2D eigenvalue weighted by Crippen LogP contribution is -2.15. The SMILES string of the molecule is CNC(CCc1ccc(OC)cc1)c1cc(Br)c(Cl)s1. The molecule has 1 atom stereocenters. The molecule has 1 aromatic carbocycles. The van der Waals surface area contributed by atoms with Crippen molar-refractivity contribution in [1.29, 1.82) is 0 Å². The molecule has 1 unspecified atom stereocenters. The predicted molar refractivity (Wildman–Crippen MR) is 90.1 cm³/mol. The summed E-state index contributed by atoms with van der Waals surface area (Å²) in [5.41, 5.74) is 1.31. The second-order valence-electron chi connectivity index (χ2n) is 4.50. The van der Waals surface area contributed by atoms with E-state index in [2.05, 4.69) is 39.4 Å². The van der Waals surface area contributed by atoms with Gasteiger partial charge in [-0.1, -0.05) is 23.7 Å². The van der Waals surface area contributed by atoms with Crippen molar-refractivity contribution in [1.82, 2.24) is 5.32 Å². The Morgan fingerprint density at radius 3 is 2.55 bits per heavy atom. The van der Waals surface area contributed by atoms with E-state index in [0.29, 0.717) is 6.04 Å². The van der Waals surface area contributed by atoms with Crippen LogP contribution in [-0.4, -0.2) is 14.2 Å². The van der Waals surface area contributed by atoms with E-state index >= 15 is 0 Å². The van der Waals surface area contributed by atoms with Crippen LogP contribution in [0.15, 0.2) is 34.8 Å². The van der Waals surface area contributed by atoms with Crippen molar-refractivity contribution in [3.05, 3.63) is 49.6 Å². The molecule has 0 radical (unpaired) electrons. The molecule has 0 fully saturated rings. The summed E-state index contributed by atoms with van der Waals surface area (Å²) in [5, 5.41) is 3.36. The summed E-state index contributed by atoms with van der Waals surface area (Å²) in [6, 6.07) is 10.7. The molecule has 5 heteroatoms. The minimum Gasteiger partial charge on any atom is -0.497 e. The Balaban J connectivity index is 1.99. The van der Waals surface area contributed by atoms with Gasteiger partial charge in [0.15, 0.2) is 0 Å². The highest BCUT2D eigenvalue weighted by atomic mass is 79.9. The number of aryl methyl sites for hydroxylation is 1. The molecule has 108 valence electrons. The number of rotatable bonds is 6. The molecule has 1 aromatic heterocycles. The Bertz CT molecular complexity index is 536. The molecule has 0 spiro atoms. The first kappa shape index (κ1) is 15.8. The molecular formula is C15H17BrClNOS. The number of hydrogen-bond donors (Lipinski definition) is 1. The summed E-state index contributed by atoms with van der Waals surface area (Å²) in [5.74, 6) is 0.896. The van der Waals surface area contributed by atoms with Crippen molar-refractivity contribution in [3.63, 3.8) is 0 Å². The lowest BCUT2D eigenvalue weighted by Gasteiger charge is -2.14. The molecule has 2 nitrogen and oxygen atoms in total. The summed E-state index contributed by atoms with van der Waals surface area (Å²) >= 11 is 11.2. The highest BCUT2D eigenvalue weighted by Gasteiger charge is 2.14. The molecule has 20 heavy (non-hydrogen) atoms. The van der Waals surface area contributed by atoms with E-state index in [-0.39, 0.29) is 0 Å². The average Bonchev–Trinajstić information content (AvgIpc) is 2.80. The number of benzene rings is 1. The maximum Gasteiger partial charge on any atom is 0.118 e. The van der Waals surface area contributed by atoms with Crippen molar-refractivity contribution in [3.8, 4) is 5.75 Å². The molecule has 2 aromatic rings. The van der Waals surface area contributed by atoms with Crippen LogP contribution in [0.1, 0.15) is 22.9 Å². The zero-order valence-electron chi connectivity index (χ0n) is 11.5. The van der Waals surface area contributed by atoms with Crippen LogP contribution < -0.4 is 10.1 Å². The number of methoxy groups -OCH3 is 1.